The van der Waals surface area contributed by atoms with E-state index in [1.807, 2.05) is 29.2 Å². The Morgan fingerprint density at radius 2 is 2.32 bits per heavy atom. The first kappa shape index (κ1) is 11.9. The van der Waals surface area contributed by atoms with Gasteiger partial charge in [-0.15, -0.1) is 0 Å². The fourth-order valence-corrected chi connectivity index (χ4v) is 2.47. The smallest absolute Gasteiger partial charge is 0.312 e. The number of aliphatic carboxylic acids is 1. The van der Waals surface area contributed by atoms with Crippen LogP contribution in [-0.4, -0.2) is 32.7 Å². The maximum absolute atomic E-state index is 11.4. The highest BCUT2D eigenvalue weighted by molar-refractivity contribution is 5.77. The van der Waals surface area contributed by atoms with E-state index >= 15 is 0 Å². The van der Waals surface area contributed by atoms with E-state index in [9.17, 15) is 9.90 Å². The number of fused-ring (bicyclic) bond motifs is 1. The van der Waals surface area contributed by atoms with E-state index in [4.69, 9.17) is 4.52 Å². The molecule has 0 amide bonds. The second kappa shape index (κ2) is 4.81. The van der Waals surface area contributed by atoms with E-state index in [2.05, 4.69) is 10.1 Å². The van der Waals surface area contributed by atoms with E-state index < -0.39 is 11.9 Å². The first-order chi connectivity index (χ1) is 9.24. The van der Waals surface area contributed by atoms with Gasteiger partial charge in [-0.3, -0.25) is 9.69 Å². The average molecular weight is 259 g/mol. The maximum Gasteiger partial charge on any atom is 0.312 e. The van der Waals surface area contributed by atoms with Gasteiger partial charge in [0.15, 0.2) is 5.82 Å². The molecule has 2 heterocycles. The van der Waals surface area contributed by atoms with Crippen molar-refractivity contribution in [2.45, 2.75) is 19.0 Å². The predicted octanol–water partition coefficient (Wildman–Crippen LogP) is 1.25. The zero-order valence-electron chi connectivity index (χ0n) is 10.2. The number of carbonyl (C=O) groups is 1. The zero-order valence-corrected chi connectivity index (χ0v) is 10.2. The molecule has 0 aliphatic carbocycles. The molecule has 0 saturated carbocycles. The van der Waals surface area contributed by atoms with Gasteiger partial charge in [0.25, 0.3) is 0 Å². The second-order valence-corrected chi connectivity index (χ2v) is 4.61. The lowest BCUT2D eigenvalue weighted by Gasteiger charge is -2.31. The Balaban J connectivity index is 1.86. The molecule has 2 aromatic rings. The summed E-state index contributed by atoms with van der Waals surface area (Å²) in [7, 11) is 0. The van der Waals surface area contributed by atoms with Gasteiger partial charge in [0.05, 0.1) is 12.5 Å². The van der Waals surface area contributed by atoms with Gasteiger partial charge in [-0.25, -0.2) is 0 Å². The minimum absolute atomic E-state index is 0.459. The summed E-state index contributed by atoms with van der Waals surface area (Å²) in [6.45, 7) is 1.66. The number of carboxylic acids is 1. The normalized spacial score (nSPS) is 19.1. The van der Waals surface area contributed by atoms with Crippen LogP contribution in [0, 0.1) is 0 Å². The number of rotatable bonds is 3. The lowest BCUT2D eigenvalue weighted by molar-refractivity contribution is -0.139. The molecule has 19 heavy (non-hydrogen) atoms. The highest BCUT2D eigenvalue weighted by atomic mass is 16.5. The molecule has 1 aromatic carbocycles. The topological polar surface area (TPSA) is 79.5 Å². The summed E-state index contributed by atoms with van der Waals surface area (Å²) in [5.41, 5.74) is 1.95. The molecule has 1 aromatic heterocycles. The van der Waals surface area contributed by atoms with Gasteiger partial charge in [-0.2, -0.15) is 4.98 Å². The molecule has 0 bridgehead atoms. The molecule has 1 aliphatic rings. The molecule has 0 saturated heterocycles. The van der Waals surface area contributed by atoms with Gasteiger partial charge in [0, 0.05) is 13.1 Å². The van der Waals surface area contributed by atoms with E-state index in [-0.39, 0.29) is 0 Å². The van der Waals surface area contributed by atoms with Crippen molar-refractivity contribution in [3.05, 3.63) is 47.6 Å². The predicted molar refractivity (Wildman–Crippen MR) is 65.2 cm³/mol. The van der Waals surface area contributed by atoms with Crippen LogP contribution >= 0.6 is 0 Å². The molecule has 1 aliphatic heterocycles. The first-order valence-corrected chi connectivity index (χ1v) is 6.02. The molecule has 6 heteroatoms. The quantitative estimate of drug-likeness (QED) is 0.893. The first-order valence-electron chi connectivity index (χ1n) is 6.02. The number of hydrogen-bond acceptors (Lipinski definition) is 5. The number of benzene rings is 1. The Kier molecular flexibility index (Phi) is 3.00. The standard InChI is InChI=1S/C13H13N3O3/c17-13(18)11-6-16(7-12-14-8-19-15-12)5-9-3-1-2-4-10(9)11/h1-4,8,11H,5-7H2,(H,17,18). The largest absolute Gasteiger partial charge is 0.481 e. The van der Waals surface area contributed by atoms with Crippen LogP contribution in [0.2, 0.25) is 0 Å². The molecule has 1 unspecified atom stereocenters. The van der Waals surface area contributed by atoms with Crippen molar-refractivity contribution in [3.63, 3.8) is 0 Å². The van der Waals surface area contributed by atoms with Crippen LogP contribution in [-0.2, 0) is 17.9 Å². The summed E-state index contributed by atoms with van der Waals surface area (Å²) in [5, 5.41) is 13.1. The fraction of sp³-hybridized carbons (Fsp3) is 0.308. The Bertz CT molecular complexity index is 583. The molecule has 3 rings (SSSR count). The zero-order chi connectivity index (χ0) is 13.2. The maximum atomic E-state index is 11.4. The third kappa shape index (κ3) is 2.34. The Labute approximate surface area is 109 Å². The fourth-order valence-electron chi connectivity index (χ4n) is 2.47. The second-order valence-electron chi connectivity index (χ2n) is 4.61. The summed E-state index contributed by atoms with van der Waals surface area (Å²) >= 11 is 0. The minimum Gasteiger partial charge on any atom is -0.481 e. The van der Waals surface area contributed by atoms with E-state index in [1.54, 1.807) is 0 Å². The lowest BCUT2D eigenvalue weighted by atomic mass is 9.90. The number of carboxylic acid groups (broad SMARTS) is 1. The summed E-state index contributed by atoms with van der Waals surface area (Å²) in [4.78, 5) is 17.4. The molecule has 98 valence electrons. The summed E-state index contributed by atoms with van der Waals surface area (Å²) in [6.07, 6.45) is 1.28. The Morgan fingerprint density at radius 1 is 1.47 bits per heavy atom. The van der Waals surface area contributed by atoms with Gasteiger partial charge in [0.1, 0.15) is 0 Å². The summed E-state index contributed by atoms with van der Waals surface area (Å²) < 4.78 is 4.70. The van der Waals surface area contributed by atoms with Crippen molar-refractivity contribution in [3.8, 4) is 0 Å². The molecular weight excluding hydrogens is 246 g/mol. The third-order valence-electron chi connectivity index (χ3n) is 3.34. The summed E-state index contributed by atoms with van der Waals surface area (Å²) in [5.74, 6) is -0.731. The minimum atomic E-state index is -0.801. The van der Waals surface area contributed by atoms with Gasteiger partial charge in [-0.1, -0.05) is 29.4 Å². The van der Waals surface area contributed by atoms with Crippen molar-refractivity contribution >= 4 is 5.97 Å². The van der Waals surface area contributed by atoms with Crippen molar-refractivity contribution < 1.29 is 14.4 Å². The van der Waals surface area contributed by atoms with E-state index in [1.165, 1.54) is 6.39 Å². The Hall–Kier alpha value is -2.21. The van der Waals surface area contributed by atoms with Gasteiger partial charge >= 0.3 is 5.97 Å². The van der Waals surface area contributed by atoms with Crippen molar-refractivity contribution in [1.82, 2.24) is 15.0 Å². The number of aromatic nitrogens is 2. The number of hydrogen-bond donors (Lipinski definition) is 1. The lowest BCUT2D eigenvalue weighted by Crippen LogP contribution is -2.36. The van der Waals surface area contributed by atoms with Crippen LogP contribution in [0.3, 0.4) is 0 Å². The average Bonchev–Trinajstić information content (AvgIpc) is 2.90. The van der Waals surface area contributed by atoms with Crippen LogP contribution in [0.15, 0.2) is 35.2 Å². The van der Waals surface area contributed by atoms with Crippen LogP contribution in [0.25, 0.3) is 0 Å². The van der Waals surface area contributed by atoms with Crippen LogP contribution in [0.1, 0.15) is 22.9 Å². The van der Waals surface area contributed by atoms with Crippen molar-refractivity contribution in [2.24, 2.45) is 0 Å². The molecule has 0 radical (unpaired) electrons. The number of nitrogens with zero attached hydrogens (tertiary/aromatic N) is 3. The SMILES string of the molecule is O=C(O)C1CN(Cc2ncon2)Cc2ccccc21. The van der Waals surface area contributed by atoms with Crippen molar-refractivity contribution in [1.29, 1.82) is 0 Å². The molecule has 0 fully saturated rings. The van der Waals surface area contributed by atoms with Crippen LogP contribution < -0.4 is 0 Å². The van der Waals surface area contributed by atoms with Crippen LogP contribution in [0.5, 0.6) is 0 Å². The molecule has 0 spiro atoms. The van der Waals surface area contributed by atoms with Crippen molar-refractivity contribution in [2.75, 3.05) is 6.54 Å². The van der Waals surface area contributed by atoms with Gasteiger partial charge < -0.3 is 9.63 Å². The van der Waals surface area contributed by atoms with Gasteiger partial charge in [0.2, 0.25) is 6.39 Å². The third-order valence-corrected chi connectivity index (χ3v) is 3.34. The van der Waals surface area contributed by atoms with E-state index in [0.29, 0.717) is 25.5 Å². The summed E-state index contributed by atoms with van der Waals surface area (Å²) in [6, 6.07) is 7.66. The van der Waals surface area contributed by atoms with Gasteiger partial charge in [-0.05, 0) is 11.1 Å². The highest BCUT2D eigenvalue weighted by Gasteiger charge is 2.30. The van der Waals surface area contributed by atoms with E-state index in [0.717, 1.165) is 11.1 Å². The molecule has 1 N–H and O–H groups in total. The molecule has 1 atom stereocenters. The molecule has 6 nitrogen and oxygen atoms in total. The highest BCUT2D eigenvalue weighted by Crippen LogP contribution is 2.28. The van der Waals surface area contributed by atoms with Crippen LogP contribution in [0.4, 0.5) is 0 Å². The monoisotopic (exact) mass is 259 g/mol. The molecular formula is C13H13N3O3. The Morgan fingerprint density at radius 3 is 3.05 bits per heavy atom.